The van der Waals surface area contributed by atoms with E-state index < -0.39 is 15.9 Å². The highest BCUT2D eigenvalue weighted by Crippen LogP contribution is 2.23. The molecule has 0 spiro atoms. The second-order valence-corrected chi connectivity index (χ2v) is 9.97. The van der Waals surface area contributed by atoms with E-state index in [0.717, 1.165) is 15.4 Å². The lowest BCUT2D eigenvalue weighted by Crippen LogP contribution is -2.37. The predicted molar refractivity (Wildman–Crippen MR) is 123 cm³/mol. The largest absolute Gasteiger partial charge is 0.324 e. The summed E-state index contributed by atoms with van der Waals surface area (Å²) in [7, 11) is -3.92. The van der Waals surface area contributed by atoms with Crippen molar-refractivity contribution >= 4 is 49.1 Å². The molecule has 3 rings (SSSR count). The van der Waals surface area contributed by atoms with E-state index in [4.69, 9.17) is 11.6 Å². The lowest BCUT2D eigenvalue weighted by molar-refractivity contribution is -0.116. The molecule has 3 aromatic rings. The number of rotatable bonds is 7. The Hall–Kier alpha value is -2.19. The van der Waals surface area contributed by atoms with Gasteiger partial charge < -0.3 is 5.32 Å². The van der Waals surface area contributed by atoms with Gasteiger partial charge in [-0.1, -0.05) is 53.6 Å². The van der Waals surface area contributed by atoms with Crippen molar-refractivity contribution in [2.24, 2.45) is 0 Å². The van der Waals surface area contributed by atoms with Crippen LogP contribution in [0.5, 0.6) is 0 Å². The van der Waals surface area contributed by atoms with E-state index in [0.29, 0.717) is 15.2 Å². The molecule has 0 aliphatic heterocycles. The summed E-state index contributed by atoms with van der Waals surface area (Å²) in [6.45, 7) is 1.69. The second-order valence-electron chi connectivity index (χ2n) is 6.74. The number of nitrogens with zero attached hydrogens (tertiary/aromatic N) is 1. The van der Waals surface area contributed by atoms with Gasteiger partial charge in [0.1, 0.15) is 0 Å². The molecular formula is C22H20BrClN2O3S. The van der Waals surface area contributed by atoms with Gasteiger partial charge in [-0.3, -0.25) is 4.79 Å². The fourth-order valence-electron chi connectivity index (χ4n) is 2.79. The van der Waals surface area contributed by atoms with Gasteiger partial charge in [-0.25, -0.2) is 8.42 Å². The first-order chi connectivity index (χ1) is 14.3. The van der Waals surface area contributed by atoms with E-state index in [1.165, 1.54) is 24.3 Å². The number of benzene rings is 3. The van der Waals surface area contributed by atoms with Crippen molar-refractivity contribution in [3.8, 4) is 0 Å². The van der Waals surface area contributed by atoms with E-state index in [1.54, 1.807) is 18.2 Å². The molecule has 0 fully saturated rings. The number of anilines is 1. The minimum absolute atomic E-state index is 0.0641. The third-order valence-corrected chi connectivity index (χ3v) is 7.15. The number of hydrogen-bond acceptors (Lipinski definition) is 3. The molecule has 0 unspecified atom stereocenters. The van der Waals surface area contributed by atoms with Crippen molar-refractivity contribution < 1.29 is 13.2 Å². The standard InChI is InChI=1S/C22H20BrClN2O3S/c1-16-6-8-17(9-7-16)14-26(30(28,29)19-12-10-18(24)11-13-19)15-22(27)25-21-5-3-2-4-20(21)23/h2-13H,14-15H2,1H3,(H,25,27). The fourth-order valence-corrected chi connectivity index (χ4v) is 4.69. The van der Waals surface area contributed by atoms with Gasteiger partial charge in [-0.2, -0.15) is 4.31 Å². The summed E-state index contributed by atoms with van der Waals surface area (Å²) in [6, 6.07) is 20.6. The summed E-state index contributed by atoms with van der Waals surface area (Å²) in [5.41, 5.74) is 2.42. The molecular weight excluding hydrogens is 488 g/mol. The minimum Gasteiger partial charge on any atom is -0.324 e. The van der Waals surface area contributed by atoms with Crippen molar-refractivity contribution in [1.29, 1.82) is 0 Å². The van der Waals surface area contributed by atoms with Crippen molar-refractivity contribution in [2.75, 3.05) is 11.9 Å². The summed E-state index contributed by atoms with van der Waals surface area (Å²) >= 11 is 9.27. The quantitative estimate of drug-likeness (QED) is 0.475. The zero-order chi connectivity index (χ0) is 21.7. The molecule has 30 heavy (non-hydrogen) atoms. The van der Waals surface area contributed by atoms with Crippen LogP contribution in [0.2, 0.25) is 5.02 Å². The monoisotopic (exact) mass is 506 g/mol. The highest BCUT2D eigenvalue weighted by atomic mass is 79.9. The molecule has 0 radical (unpaired) electrons. The number of carbonyl (C=O) groups is 1. The molecule has 0 saturated heterocycles. The number of nitrogens with one attached hydrogen (secondary N) is 1. The number of carbonyl (C=O) groups excluding carboxylic acids is 1. The maximum Gasteiger partial charge on any atom is 0.243 e. The Morgan fingerprint density at radius 1 is 1.00 bits per heavy atom. The van der Waals surface area contributed by atoms with Gasteiger partial charge in [-0.05, 0) is 64.8 Å². The number of halogens is 2. The molecule has 3 aromatic carbocycles. The van der Waals surface area contributed by atoms with Crippen molar-refractivity contribution in [1.82, 2.24) is 4.31 Å². The summed E-state index contributed by atoms with van der Waals surface area (Å²) in [6.07, 6.45) is 0. The van der Waals surface area contributed by atoms with Crippen LogP contribution in [0.15, 0.2) is 82.2 Å². The summed E-state index contributed by atoms with van der Waals surface area (Å²) in [5, 5.41) is 3.19. The SMILES string of the molecule is Cc1ccc(CN(CC(=O)Nc2ccccc2Br)S(=O)(=O)c2ccc(Cl)cc2)cc1. The third-order valence-electron chi connectivity index (χ3n) is 4.40. The lowest BCUT2D eigenvalue weighted by atomic mass is 10.1. The van der Waals surface area contributed by atoms with Gasteiger partial charge >= 0.3 is 0 Å². The molecule has 0 heterocycles. The first kappa shape index (κ1) is 22.5. The third kappa shape index (κ3) is 5.70. The minimum atomic E-state index is -3.92. The molecule has 0 aromatic heterocycles. The van der Waals surface area contributed by atoms with Gasteiger partial charge in [-0.15, -0.1) is 0 Å². The molecule has 0 aliphatic carbocycles. The van der Waals surface area contributed by atoms with Gasteiger partial charge in [0.05, 0.1) is 17.1 Å². The van der Waals surface area contributed by atoms with E-state index >= 15 is 0 Å². The zero-order valence-electron chi connectivity index (χ0n) is 16.2. The lowest BCUT2D eigenvalue weighted by Gasteiger charge is -2.22. The van der Waals surface area contributed by atoms with Crippen LogP contribution >= 0.6 is 27.5 Å². The van der Waals surface area contributed by atoms with Crippen LogP contribution in [0.3, 0.4) is 0 Å². The van der Waals surface area contributed by atoms with Gasteiger partial charge in [0.2, 0.25) is 15.9 Å². The molecule has 1 amide bonds. The number of sulfonamides is 1. The normalized spacial score (nSPS) is 11.5. The Balaban J connectivity index is 1.88. The Morgan fingerprint density at radius 3 is 2.27 bits per heavy atom. The summed E-state index contributed by atoms with van der Waals surface area (Å²) < 4.78 is 28.4. The molecule has 0 atom stereocenters. The smallest absolute Gasteiger partial charge is 0.243 e. The summed E-state index contributed by atoms with van der Waals surface area (Å²) in [4.78, 5) is 12.8. The first-order valence-electron chi connectivity index (χ1n) is 9.11. The molecule has 0 saturated carbocycles. The average molecular weight is 508 g/mol. The maximum absolute atomic E-state index is 13.3. The molecule has 0 bridgehead atoms. The van der Waals surface area contributed by atoms with Crippen LogP contribution in [-0.4, -0.2) is 25.2 Å². The Bertz CT molecular complexity index is 1130. The van der Waals surface area contributed by atoms with Gasteiger partial charge in [0.25, 0.3) is 0 Å². The van der Waals surface area contributed by atoms with E-state index in [-0.39, 0.29) is 18.0 Å². The Kier molecular flexibility index (Phi) is 7.31. The topological polar surface area (TPSA) is 66.5 Å². The Labute approximate surface area is 189 Å². The first-order valence-corrected chi connectivity index (χ1v) is 11.7. The number of para-hydroxylation sites is 1. The number of aryl methyl sites for hydroxylation is 1. The number of hydrogen-bond donors (Lipinski definition) is 1. The predicted octanol–water partition coefficient (Wildman–Crippen LogP) is 5.24. The summed E-state index contributed by atoms with van der Waals surface area (Å²) in [5.74, 6) is -0.438. The maximum atomic E-state index is 13.3. The van der Waals surface area contributed by atoms with Crippen LogP contribution in [0, 0.1) is 6.92 Å². The van der Waals surface area contributed by atoms with Crippen molar-refractivity contribution in [3.63, 3.8) is 0 Å². The van der Waals surface area contributed by atoms with Gasteiger partial charge in [0, 0.05) is 16.0 Å². The average Bonchev–Trinajstić information content (AvgIpc) is 2.71. The van der Waals surface area contributed by atoms with E-state index in [1.807, 2.05) is 37.3 Å². The molecule has 156 valence electrons. The zero-order valence-corrected chi connectivity index (χ0v) is 19.3. The van der Waals surface area contributed by atoms with Crippen LogP contribution in [-0.2, 0) is 21.4 Å². The van der Waals surface area contributed by atoms with Crippen LogP contribution in [0.25, 0.3) is 0 Å². The molecule has 1 N–H and O–H groups in total. The van der Waals surface area contributed by atoms with Crippen LogP contribution in [0.4, 0.5) is 5.69 Å². The second kappa shape index (κ2) is 9.75. The van der Waals surface area contributed by atoms with Crippen molar-refractivity contribution in [3.05, 3.63) is 93.4 Å². The Morgan fingerprint density at radius 2 is 1.63 bits per heavy atom. The highest BCUT2D eigenvalue weighted by molar-refractivity contribution is 9.10. The van der Waals surface area contributed by atoms with Crippen LogP contribution < -0.4 is 5.32 Å². The van der Waals surface area contributed by atoms with E-state index in [9.17, 15) is 13.2 Å². The van der Waals surface area contributed by atoms with Crippen molar-refractivity contribution in [2.45, 2.75) is 18.4 Å². The van der Waals surface area contributed by atoms with Crippen LogP contribution in [0.1, 0.15) is 11.1 Å². The van der Waals surface area contributed by atoms with Gasteiger partial charge in [0.15, 0.2) is 0 Å². The highest BCUT2D eigenvalue weighted by Gasteiger charge is 2.27. The number of amides is 1. The molecule has 8 heteroatoms. The molecule has 5 nitrogen and oxygen atoms in total. The van der Waals surface area contributed by atoms with E-state index in [2.05, 4.69) is 21.2 Å². The fraction of sp³-hybridized carbons (Fsp3) is 0.136. The molecule has 0 aliphatic rings.